The van der Waals surface area contributed by atoms with Crippen LogP contribution >= 0.6 is 0 Å². The van der Waals surface area contributed by atoms with Gasteiger partial charge in [-0.05, 0) is 172 Å². The van der Waals surface area contributed by atoms with Crippen molar-refractivity contribution in [1.82, 2.24) is 0 Å². The maximum atomic E-state index is 13.6. The van der Waals surface area contributed by atoms with Crippen LogP contribution in [0.2, 0.25) is 0 Å². The lowest BCUT2D eigenvalue weighted by Gasteiger charge is -2.42. The zero-order chi connectivity index (χ0) is 71.2. The van der Waals surface area contributed by atoms with Gasteiger partial charge in [0.05, 0.1) is 116 Å². The largest absolute Gasteiger partial charge is 0.393 e. The molecule has 22 bridgehead atoms. The number of Topliss-reactive ketones (excluding diaryl/α,β-unsaturated/α-hetero) is 1. The van der Waals surface area contributed by atoms with Gasteiger partial charge < -0.3 is 71.4 Å². The molecule has 16 heteroatoms. The molecule has 16 fully saturated rings. The summed E-state index contributed by atoms with van der Waals surface area (Å²) in [7, 11) is 0. The summed E-state index contributed by atoms with van der Waals surface area (Å²) in [5.74, 6) is 2.34. The third kappa shape index (κ3) is 16.0. The summed E-state index contributed by atoms with van der Waals surface area (Å²) in [4.78, 5) is 13.6. The van der Waals surface area contributed by atoms with E-state index >= 15 is 0 Å². The Kier molecular flexibility index (Phi) is 24.1. The maximum Gasteiger partial charge on any atom is 0.172 e. The van der Waals surface area contributed by atoms with E-state index in [1.54, 1.807) is 0 Å². The van der Waals surface area contributed by atoms with E-state index in [4.69, 9.17) is 66.3 Å². The Morgan fingerprint density at radius 3 is 1.34 bits per heavy atom. The Morgan fingerprint density at radius 2 is 0.854 bits per heavy atom. The molecule has 7 unspecified atom stereocenters. The molecule has 2 spiro atoms. The lowest BCUT2D eigenvalue weighted by Crippen LogP contribution is -2.54. The van der Waals surface area contributed by atoms with Gasteiger partial charge >= 0.3 is 0 Å². The topological polar surface area (TPSA) is 167 Å². The minimum Gasteiger partial charge on any atom is -0.393 e. The molecular weight excluding hydrogens is 1300 g/mol. The summed E-state index contributed by atoms with van der Waals surface area (Å²) in [5, 5.41) is 11.5. The van der Waals surface area contributed by atoms with Crippen molar-refractivity contribution < 1.29 is 76.2 Å². The highest BCUT2D eigenvalue weighted by molar-refractivity contribution is 5.80. The van der Waals surface area contributed by atoms with Crippen molar-refractivity contribution in [3.63, 3.8) is 0 Å². The molecule has 16 nitrogen and oxygen atoms in total. The predicted octanol–water partition coefficient (Wildman–Crippen LogP) is 16.1. The average Bonchev–Trinajstić information content (AvgIpc) is 1.59. The monoisotopic (exact) mass is 1430 g/mol. The summed E-state index contributed by atoms with van der Waals surface area (Å²) in [5.41, 5.74) is 4.74. The first-order valence-corrected chi connectivity index (χ1v) is 41.5. The lowest BCUT2D eigenvalue weighted by atomic mass is 9.78. The zero-order valence-electron chi connectivity index (χ0n) is 63.8. The second kappa shape index (κ2) is 32.1. The molecule has 0 amide bonds. The predicted molar refractivity (Wildman–Crippen MR) is 396 cm³/mol. The van der Waals surface area contributed by atoms with Crippen LogP contribution in [0.1, 0.15) is 244 Å². The summed E-state index contributed by atoms with van der Waals surface area (Å²) >= 11 is 0. The van der Waals surface area contributed by atoms with Crippen LogP contribution in [0.5, 0.6) is 0 Å². The van der Waals surface area contributed by atoms with Crippen LogP contribution in [0, 0.1) is 59.2 Å². The number of aliphatic hydroxyl groups excluding tert-OH is 1. The third-order valence-electron chi connectivity index (χ3n) is 29.0. The third-order valence-corrected chi connectivity index (χ3v) is 29.0. The van der Waals surface area contributed by atoms with Gasteiger partial charge in [0.1, 0.15) is 42.4 Å². The van der Waals surface area contributed by atoms with Gasteiger partial charge in [-0.25, -0.2) is 0 Å². The van der Waals surface area contributed by atoms with Crippen LogP contribution in [0.15, 0.2) is 72.9 Å². The Morgan fingerprint density at radius 1 is 0.437 bits per heavy atom. The number of carbonyl (C=O) groups is 1. The fourth-order valence-corrected chi connectivity index (χ4v) is 22.0. The Balaban J connectivity index is 0.000000173. The summed E-state index contributed by atoms with van der Waals surface area (Å²) in [6, 6.07) is 0. The highest BCUT2D eigenvalue weighted by Gasteiger charge is 2.69. The van der Waals surface area contributed by atoms with Crippen molar-refractivity contribution in [2.75, 3.05) is 0 Å². The molecule has 18 rings (SSSR count). The van der Waals surface area contributed by atoms with Gasteiger partial charge in [-0.1, -0.05) is 140 Å². The van der Waals surface area contributed by atoms with Gasteiger partial charge in [0.25, 0.3) is 0 Å². The van der Waals surface area contributed by atoms with Gasteiger partial charge in [0.15, 0.2) is 11.6 Å². The molecule has 0 aromatic rings. The molecule has 0 saturated carbocycles. The maximum absolute atomic E-state index is 13.6. The number of fused-ring (bicyclic) bond motifs is 12. The number of hydrogen-bond donors (Lipinski definition) is 1. The number of ketones is 1. The van der Waals surface area contributed by atoms with E-state index in [-0.39, 0.29) is 183 Å². The lowest BCUT2D eigenvalue weighted by molar-refractivity contribution is -0.263. The standard InChI is InChI=1S/C43H66O8.C43H64O8.CH4/c2*1-8-23(2)17-35-27(6)32-20-29(44)11-9-10-12-34-28(7)39-41-42(48-34)40-38(49-41)22-43(50-39,51-40)16-15-31-19-25(4)33(45-31)14-13-30-18-24(3)26(5)36(46-30)21-37(32)47-35;/h9-10,23-24,27-42,44H,4-5,8,11-22H2,1-3,6-7H3;9-10,23-24,27-28,30-42H,4-5,8,11-22H2,1-3,6-7H3;1H4/b2*10-9+;/t23-,24-,27-,28?,29?,30+,31+,32-,33?,34+,35-,36-,37?,38-,39+,40+,41+,42+,43-;23-,24-,27-,28?,30+,31+,32-,33?,34+,35-,36-,37?,38-,39+,40+,41+,42+,43-;/m11./s1. The molecule has 0 radical (unpaired) electrons. The summed E-state index contributed by atoms with van der Waals surface area (Å²) in [6.45, 7) is 40.9. The van der Waals surface area contributed by atoms with Gasteiger partial charge in [-0.2, -0.15) is 0 Å². The van der Waals surface area contributed by atoms with Crippen LogP contribution < -0.4 is 0 Å². The molecule has 18 aliphatic heterocycles. The molecule has 0 aliphatic carbocycles. The van der Waals surface area contributed by atoms with E-state index in [0.717, 1.165) is 148 Å². The number of carbonyl (C=O) groups excluding carboxylic acids is 1. The van der Waals surface area contributed by atoms with E-state index in [9.17, 15) is 9.90 Å². The number of allylic oxidation sites excluding steroid dienone is 1. The van der Waals surface area contributed by atoms with E-state index in [1.807, 2.05) is 0 Å². The Bertz CT molecular complexity index is 3040. The van der Waals surface area contributed by atoms with Crippen molar-refractivity contribution in [1.29, 1.82) is 0 Å². The normalized spacial score (nSPS) is 51.6. The first-order chi connectivity index (χ1) is 49.0. The minimum atomic E-state index is -0.662. The first-order valence-electron chi connectivity index (χ1n) is 41.5. The van der Waals surface area contributed by atoms with Crippen LogP contribution in [0.25, 0.3) is 0 Å². The highest BCUT2D eigenvalue weighted by atomic mass is 16.8. The Hall–Kier alpha value is -2.49. The molecule has 37 atom stereocenters. The van der Waals surface area contributed by atoms with Gasteiger partial charge in [-0.15, -0.1) is 0 Å². The number of hydrogen-bond acceptors (Lipinski definition) is 16. The fraction of sp³-hybridized carbons (Fsp3) is 0.851. The molecule has 0 aromatic heterocycles. The van der Waals surface area contributed by atoms with Crippen molar-refractivity contribution >= 4 is 5.78 Å². The molecule has 0 aromatic carbocycles. The summed E-state index contributed by atoms with van der Waals surface area (Å²) < 4.78 is 95.1. The second-order valence-electron chi connectivity index (χ2n) is 36.1. The fourth-order valence-electron chi connectivity index (χ4n) is 22.0. The molecule has 18 aliphatic rings. The smallest absolute Gasteiger partial charge is 0.172 e. The van der Waals surface area contributed by atoms with E-state index in [0.29, 0.717) is 54.8 Å². The van der Waals surface area contributed by atoms with Crippen molar-refractivity contribution in [2.24, 2.45) is 59.2 Å². The van der Waals surface area contributed by atoms with E-state index in [1.165, 1.54) is 22.3 Å². The zero-order valence-corrected chi connectivity index (χ0v) is 63.8. The van der Waals surface area contributed by atoms with Crippen LogP contribution in [-0.4, -0.2) is 175 Å². The van der Waals surface area contributed by atoms with Gasteiger partial charge in [0.2, 0.25) is 0 Å². The number of rotatable bonds is 6. The van der Waals surface area contributed by atoms with Crippen molar-refractivity contribution in [3.05, 3.63) is 72.9 Å². The van der Waals surface area contributed by atoms with E-state index in [2.05, 4.69) is 120 Å². The average molecular weight is 1440 g/mol. The van der Waals surface area contributed by atoms with Crippen LogP contribution in [-0.2, 0) is 71.1 Å². The molecule has 1 N–H and O–H groups in total. The van der Waals surface area contributed by atoms with Gasteiger partial charge in [-0.3, -0.25) is 4.79 Å². The SMILES string of the molecule is C.C=C1C[C@@H]2CC[C@@]34C[C@H]5O[C@@H]6[C@@H](O[C@@H](C/C=C/CC(=O)C[C@H]7C(C[C@H]8O[C@@H](CCC1O2)C[C@@H](C)C8=C)O[C@H](C[C@H](C)CC)[C@@H]7C)C(C)[C@@H]6O3)[C@H]5O4.C=C1C[C@@H]2CC[C@@]34C[C@H]5O[C@@H]6[C@@H](O[C@@H](C/C=C/CC(O)C[C@H]7C(C[C@H]8O[C@@H](CCC1O2)C[C@@H](C)C8=C)O[C@H](C[C@H](C)CC)[C@@H]7C)C(C)[C@@H]6O3)[C@H]5O4. The highest BCUT2D eigenvalue weighted by Crippen LogP contribution is 2.57. The quantitative estimate of drug-likeness (QED) is 0.249. The van der Waals surface area contributed by atoms with Crippen LogP contribution in [0.4, 0.5) is 0 Å². The molecule has 578 valence electrons. The van der Waals surface area contributed by atoms with Crippen LogP contribution in [0.3, 0.4) is 0 Å². The van der Waals surface area contributed by atoms with E-state index < -0.39 is 17.7 Å². The van der Waals surface area contributed by atoms with Crippen molar-refractivity contribution in [3.8, 4) is 0 Å². The molecule has 18 heterocycles. The number of aliphatic hydroxyl groups is 1. The number of ether oxygens (including phenoxy) is 14. The Labute approximate surface area is 618 Å². The van der Waals surface area contributed by atoms with Gasteiger partial charge in [0, 0.05) is 63.2 Å². The first kappa shape index (κ1) is 77.2. The minimum absolute atomic E-state index is 0. The molecule has 16 saturated heterocycles. The molecular formula is C87H134O16. The summed E-state index contributed by atoms with van der Waals surface area (Å²) in [6.07, 6.45) is 30.3. The molecule has 103 heavy (non-hydrogen) atoms. The van der Waals surface area contributed by atoms with Crippen molar-refractivity contribution in [2.45, 2.75) is 408 Å². The second-order valence-corrected chi connectivity index (χ2v) is 36.1.